The van der Waals surface area contributed by atoms with Gasteiger partial charge in [-0.1, -0.05) is 31.2 Å². The lowest BCUT2D eigenvalue weighted by Gasteiger charge is -2.29. The number of aromatic nitrogens is 2. The van der Waals surface area contributed by atoms with Crippen LogP contribution in [0.15, 0.2) is 91.3 Å². The molecule has 1 fully saturated rings. The third-order valence-electron chi connectivity index (χ3n) is 6.66. The summed E-state index contributed by atoms with van der Waals surface area (Å²) >= 11 is 5.78. The van der Waals surface area contributed by atoms with Crippen LogP contribution in [0.5, 0.6) is 5.75 Å². The number of nitrogens with one attached hydrogen (secondary N) is 2. The zero-order valence-electron chi connectivity index (χ0n) is 20.5. The number of para-hydroxylation sites is 1. The molecule has 4 aromatic rings. The van der Waals surface area contributed by atoms with Gasteiger partial charge in [0.1, 0.15) is 5.75 Å². The maximum Gasteiger partial charge on any atom is 0.226 e. The highest BCUT2D eigenvalue weighted by atomic mass is 32.1. The molecule has 2 atom stereocenters. The summed E-state index contributed by atoms with van der Waals surface area (Å²) in [4.78, 5) is 19.6. The van der Waals surface area contributed by atoms with Crippen LogP contribution in [-0.4, -0.2) is 37.1 Å². The standard InChI is InChI=1S/C29H29N5O2S/c1-2-20-8-3-4-9-23(20)31-26(36)16-19-34-28(27(32-29(34)37)24-10-5-6-17-30-24)25-11-7-18-33(25)21-12-14-22(35)15-13-21/h3-15,17-18,27-28,35H,2,16,19H2,1H3,(H,31,36)(H,32,37)/t27-,28+/m0/s1. The lowest BCUT2D eigenvalue weighted by molar-refractivity contribution is -0.116. The maximum absolute atomic E-state index is 13.0. The van der Waals surface area contributed by atoms with Crippen molar-refractivity contribution in [2.24, 2.45) is 0 Å². The van der Waals surface area contributed by atoms with Gasteiger partial charge in [0.2, 0.25) is 5.91 Å². The minimum atomic E-state index is -0.193. The van der Waals surface area contributed by atoms with Gasteiger partial charge in [-0.2, -0.15) is 0 Å². The zero-order chi connectivity index (χ0) is 25.8. The molecule has 3 N–H and O–H groups in total. The predicted octanol–water partition coefficient (Wildman–Crippen LogP) is 5.14. The zero-order valence-corrected chi connectivity index (χ0v) is 21.4. The van der Waals surface area contributed by atoms with E-state index in [4.69, 9.17) is 12.2 Å². The molecule has 0 unspecified atom stereocenters. The maximum atomic E-state index is 13.0. The van der Waals surface area contributed by atoms with Crippen LogP contribution in [0.4, 0.5) is 5.69 Å². The van der Waals surface area contributed by atoms with E-state index in [1.54, 1.807) is 18.3 Å². The lowest BCUT2D eigenvalue weighted by Crippen LogP contribution is -2.33. The number of hydrogen-bond acceptors (Lipinski definition) is 4. The molecule has 1 aliphatic heterocycles. The second kappa shape index (κ2) is 10.8. The Balaban J connectivity index is 1.43. The first-order valence-electron chi connectivity index (χ1n) is 12.4. The molecule has 2 aromatic carbocycles. The molecule has 37 heavy (non-hydrogen) atoms. The molecule has 1 aliphatic rings. The summed E-state index contributed by atoms with van der Waals surface area (Å²) in [7, 11) is 0. The van der Waals surface area contributed by atoms with Gasteiger partial charge >= 0.3 is 0 Å². The minimum Gasteiger partial charge on any atom is -0.508 e. The van der Waals surface area contributed by atoms with Crippen molar-refractivity contribution in [3.8, 4) is 11.4 Å². The Bertz CT molecular complexity index is 1390. The van der Waals surface area contributed by atoms with Crippen molar-refractivity contribution in [2.45, 2.75) is 31.8 Å². The van der Waals surface area contributed by atoms with Crippen LogP contribution in [-0.2, 0) is 11.2 Å². The number of hydrogen-bond donors (Lipinski definition) is 3. The predicted molar refractivity (Wildman–Crippen MR) is 149 cm³/mol. The number of phenols is 1. The topological polar surface area (TPSA) is 82.4 Å². The molecular weight excluding hydrogens is 482 g/mol. The summed E-state index contributed by atoms with van der Waals surface area (Å²) in [6.07, 6.45) is 4.90. The number of nitrogens with zero attached hydrogens (tertiary/aromatic N) is 3. The second-order valence-electron chi connectivity index (χ2n) is 8.95. The van der Waals surface area contributed by atoms with Crippen LogP contribution in [0, 0.1) is 0 Å². The summed E-state index contributed by atoms with van der Waals surface area (Å²) in [6, 6.07) is 24.5. The molecule has 1 saturated heterocycles. The molecule has 0 bridgehead atoms. The van der Waals surface area contributed by atoms with Crippen molar-refractivity contribution in [3.05, 3.63) is 108 Å². The fraction of sp³-hybridized carbons (Fsp3) is 0.207. The number of pyridine rings is 1. The van der Waals surface area contributed by atoms with Crippen molar-refractivity contribution < 1.29 is 9.90 Å². The van der Waals surface area contributed by atoms with E-state index in [-0.39, 0.29) is 30.2 Å². The van der Waals surface area contributed by atoms with Gasteiger partial charge in [0.25, 0.3) is 0 Å². The first-order valence-corrected chi connectivity index (χ1v) is 12.8. The van der Waals surface area contributed by atoms with Crippen molar-refractivity contribution in [1.82, 2.24) is 19.8 Å². The van der Waals surface area contributed by atoms with E-state index in [2.05, 4.69) is 38.1 Å². The highest BCUT2D eigenvalue weighted by Crippen LogP contribution is 2.39. The Morgan fingerprint density at radius 3 is 2.59 bits per heavy atom. The highest BCUT2D eigenvalue weighted by molar-refractivity contribution is 7.80. The van der Waals surface area contributed by atoms with Gasteiger partial charge in [0, 0.05) is 42.4 Å². The number of thiocarbonyl (C=S) groups is 1. The van der Waals surface area contributed by atoms with Crippen LogP contribution in [0.1, 0.15) is 42.4 Å². The van der Waals surface area contributed by atoms with E-state index in [0.717, 1.165) is 34.7 Å². The van der Waals surface area contributed by atoms with Gasteiger partial charge < -0.3 is 25.2 Å². The Morgan fingerprint density at radius 1 is 1.05 bits per heavy atom. The van der Waals surface area contributed by atoms with Crippen molar-refractivity contribution in [3.63, 3.8) is 0 Å². The molecule has 0 radical (unpaired) electrons. The molecule has 2 aromatic heterocycles. The first kappa shape index (κ1) is 24.5. The number of rotatable bonds is 8. The van der Waals surface area contributed by atoms with Gasteiger partial charge in [-0.15, -0.1) is 0 Å². The highest BCUT2D eigenvalue weighted by Gasteiger charge is 2.41. The molecule has 188 valence electrons. The number of carbonyl (C=O) groups excluding carboxylic acids is 1. The Labute approximate surface area is 221 Å². The van der Waals surface area contributed by atoms with Crippen molar-refractivity contribution in [2.75, 3.05) is 11.9 Å². The van der Waals surface area contributed by atoms with E-state index in [9.17, 15) is 9.90 Å². The van der Waals surface area contributed by atoms with E-state index in [1.165, 1.54) is 0 Å². The van der Waals surface area contributed by atoms with E-state index < -0.39 is 0 Å². The van der Waals surface area contributed by atoms with E-state index >= 15 is 0 Å². The molecular formula is C29H29N5O2S. The van der Waals surface area contributed by atoms with Crippen molar-refractivity contribution in [1.29, 1.82) is 0 Å². The fourth-order valence-electron chi connectivity index (χ4n) is 4.84. The molecule has 0 aliphatic carbocycles. The molecule has 8 heteroatoms. The summed E-state index contributed by atoms with van der Waals surface area (Å²) < 4.78 is 2.08. The number of aromatic hydroxyl groups is 1. The van der Waals surface area contributed by atoms with E-state index in [1.807, 2.05) is 66.9 Å². The molecule has 5 rings (SSSR count). The number of benzene rings is 2. The number of amides is 1. The normalized spacial score (nSPS) is 17.0. The average Bonchev–Trinajstić information content (AvgIpc) is 3.53. The van der Waals surface area contributed by atoms with Crippen LogP contribution >= 0.6 is 12.2 Å². The van der Waals surface area contributed by atoms with Gasteiger partial charge in [-0.25, -0.2) is 0 Å². The fourth-order valence-corrected chi connectivity index (χ4v) is 5.17. The summed E-state index contributed by atoms with van der Waals surface area (Å²) in [5.74, 6) is 0.155. The third kappa shape index (κ3) is 5.20. The Kier molecular flexibility index (Phi) is 7.18. The van der Waals surface area contributed by atoms with Crippen LogP contribution in [0.2, 0.25) is 0 Å². The SMILES string of the molecule is CCc1ccccc1NC(=O)CCN1C(=S)N[C@@H](c2ccccn2)[C@H]1c1cccn1-c1ccc(O)cc1. The lowest BCUT2D eigenvalue weighted by atomic mass is 10.0. The van der Waals surface area contributed by atoms with Crippen LogP contribution in [0.25, 0.3) is 5.69 Å². The number of phenolic OH excluding ortho intramolecular Hbond substituents is 1. The third-order valence-corrected chi connectivity index (χ3v) is 7.01. The van der Waals surface area contributed by atoms with Gasteiger partial charge in [0.15, 0.2) is 5.11 Å². The summed E-state index contributed by atoms with van der Waals surface area (Å²) in [6.45, 7) is 2.52. The number of anilines is 1. The van der Waals surface area contributed by atoms with Gasteiger partial charge in [-0.05, 0) is 78.8 Å². The second-order valence-corrected chi connectivity index (χ2v) is 9.34. The largest absolute Gasteiger partial charge is 0.508 e. The number of aryl methyl sites for hydroxylation is 1. The smallest absolute Gasteiger partial charge is 0.226 e. The Hall–Kier alpha value is -4.17. The van der Waals surface area contributed by atoms with Crippen molar-refractivity contribution >= 4 is 28.9 Å². The molecule has 0 spiro atoms. The summed E-state index contributed by atoms with van der Waals surface area (Å²) in [5, 5.41) is 16.9. The van der Waals surface area contributed by atoms with Crippen LogP contribution < -0.4 is 10.6 Å². The quantitative estimate of drug-likeness (QED) is 0.284. The summed E-state index contributed by atoms with van der Waals surface area (Å²) in [5.41, 5.74) is 4.75. The molecule has 1 amide bonds. The minimum absolute atomic E-state index is 0.0577. The molecule has 3 heterocycles. The molecule has 0 saturated carbocycles. The molecule has 7 nitrogen and oxygen atoms in total. The van der Waals surface area contributed by atoms with Crippen LogP contribution in [0.3, 0.4) is 0 Å². The van der Waals surface area contributed by atoms with Gasteiger partial charge in [-0.3, -0.25) is 9.78 Å². The first-order chi connectivity index (χ1) is 18.0. The monoisotopic (exact) mass is 511 g/mol. The number of carbonyl (C=O) groups is 1. The Morgan fingerprint density at radius 2 is 1.84 bits per heavy atom. The average molecular weight is 512 g/mol. The van der Waals surface area contributed by atoms with Gasteiger partial charge in [0.05, 0.1) is 17.8 Å². The van der Waals surface area contributed by atoms with E-state index in [0.29, 0.717) is 11.7 Å².